The molecule has 3 heterocycles. The number of amides is 1. The van der Waals surface area contributed by atoms with Crippen molar-refractivity contribution in [3.05, 3.63) is 71.2 Å². The van der Waals surface area contributed by atoms with Crippen molar-refractivity contribution in [1.29, 1.82) is 0 Å². The zero-order valence-corrected chi connectivity index (χ0v) is 16.5. The molecule has 0 unspecified atom stereocenters. The summed E-state index contributed by atoms with van der Waals surface area (Å²) in [4.78, 5) is 19.1. The Morgan fingerprint density at radius 3 is 2.61 bits per heavy atom. The molecule has 0 saturated heterocycles. The van der Waals surface area contributed by atoms with Gasteiger partial charge in [0.15, 0.2) is 11.4 Å². The lowest BCUT2D eigenvalue weighted by atomic mass is 10.1. The minimum Gasteiger partial charge on any atom is -0.451 e. The molecule has 4 aromatic rings. The number of carbonyl (C=O) groups is 1. The molecule has 0 aliphatic carbocycles. The van der Waals surface area contributed by atoms with Crippen molar-refractivity contribution < 1.29 is 9.21 Å². The highest BCUT2D eigenvalue weighted by molar-refractivity contribution is 6.33. The summed E-state index contributed by atoms with van der Waals surface area (Å²) >= 11 is 6.18. The third-order valence-corrected chi connectivity index (χ3v) is 4.80. The van der Waals surface area contributed by atoms with E-state index in [2.05, 4.69) is 10.3 Å². The van der Waals surface area contributed by atoms with Gasteiger partial charge in [-0.15, -0.1) is 0 Å². The van der Waals surface area contributed by atoms with Crippen LogP contribution in [0.25, 0.3) is 17.0 Å². The van der Waals surface area contributed by atoms with Crippen LogP contribution in [0, 0.1) is 6.92 Å². The topological polar surface area (TPSA) is 62.8 Å². The van der Waals surface area contributed by atoms with E-state index in [1.165, 1.54) is 0 Å². The number of benzene rings is 1. The van der Waals surface area contributed by atoms with E-state index in [1.807, 2.05) is 50.2 Å². The van der Waals surface area contributed by atoms with Crippen LogP contribution in [0.15, 0.2) is 59.1 Å². The van der Waals surface area contributed by atoms with Crippen molar-refractivity contribution in [1.82, 2.24) is 9.38 Å². The van der Waals surface area contributed by atoms with Crippen LogP contribution < -0.4 is 10.2 Å². The van der Waals surface area contributed by atoms with Crippen LogP contribution in [0.2, 0.25) is 5.02 Å². The molecule has 0 radical (unpaired) electrons. The highest BCUT2D eigenvalue weighted by Gasteiger charge is 2.17. The molecule has 0 aliphatic heterocycles. The zero-order chi connectivity index (χ0) is 19.8. The maximum absolute atomic E-state index is 12.7. The number of hydrogen-bond donors (Lipinski definition) is 1. The minimum absolute atomic E-state index is 0.225. The van der Waals surface area contributed by atoms with Gasteiger partial charge < -0.3 is 14.6 Å². The molecule has 0 spiro atoms. The molecule has 1 N–H and O–H groups in total. The van der Waals surface area contributed by atoms with E-state index < -0.39 is 0 Å². The summed E-state index contributed by atoms with van der Waals surface area (Å²) in [5, 5.41) is 3.39. The zero-order valence-electron chi connectivity index (χ0n) is 15.7. The van der Waals surface area contributed by atoms with Crippen molar-refractivity contribution in [3.8, 4) is 11.3 Å². The Hall–Kier alpha value is -3.25. The number of pyridine rings is 1. The SMILES string of the molecule is Cc1nc2c(Cl)cccn2c1NC(=O)c1ccc(-c2ccc(N(C)C)cc2)o1. The minimum atomic E-state index is -0.346. The fourth-order valence-electron chi connectivity index (χ4n) is 3.01. The first-order valence-electron chi connectivity index (χ1n) is 8.76. The van der Waals surface area contributed by atoms with Crippen molar-refractivity contribution in [2.24, 2.45) is 0 Å². The van der Waals surface area contributed by atoms with Crippen LogP contribution in [-0.2, 0) is 0 Å². The number of hydrogen-bond acceptors (Lipinski definition) is 4. The van der Waals surface area contributed by atoms with Crippen molar-refractivity contribution >= 4 is 34.7 Å². The number of nitrogens with zero attached hydrogens (tertiary/aromatic N) is 3. The van der Waals surface area contributed by atoms with Crippen LogP contribution in [0.4, 0.5) is 11.5 Å². The molecule has 0 aliphatic rings. The van der Waals surface area contributed by atoms with Gasteiger partial charge in [0.1, 0.15) is 11.6 Å². The smallest absolute Gasteiger partial charge is 0.292 e. The molecular formula is C21H19ClN4O2. The molecule has 0 fully saturated rings. The summed E-state index contributed by atoms with van der Waals surface area (Å²) < 4.78 is 7.52. The average molecular weight is 395 g/mol. The van der Waals surface area contributed by atoms with E-state index in [9.17, 15) is 4.79 Å². The fourth-order valence-corrected chi connectivity index (χ4v) is 3.21. The number of imidazole rings is 1. The number of anilines is 2. The third kappa shape index (κ3) is 3.23. The molecule has 7 heteroatoms. The monoisotopic (exact) mass is 394 g/mol. The molecule has 3 aromatic heterocycles. The second-order valence-electron chi connectivity index (χ2n) is 6.65. The van der Waals surface area contributed by atoms with Crippen molar-refractivity contribution in [2.75, 3.05) is 24.3 Å². The Bertz CT molecular complexity index is 1160. The molecule has 28 heavy (non-hydrogen) atoms. The maximum Gasteiger partial charge on any atom is 0.292 e. The van der Waals surface area contributed by atoms with E-state index in [0.717, 1.165) is 11.3 Å². The summed E-state index contributed by atoms with van der Waals surface area (Å²) in [5.41, 5.74) is 3.27. The normalized spacial score (nSPS) is 11.0. The Kier molecular flexibility index (Phi) is 4.57. The number of rotatable bonds is 4. The summed E-state index contributed by atoms with van der Waals surface area (Å²) in [6.45, 7) is 1.82. The van der Waals surface area contributed by atoms with Crippen LogP contribution in [0.3, 0.4) is 0 Å². The van der Waals surface area contributed by atoms with E-state index in [0.29, 0.717) is 27.9 Å². The van der Waals surface area contributed by atoms with Crippen LogP contribution in [0.5, 0.6) is 0 Å². The number of aromatic nitrogens is 2. The average Bonchev–Trinajstić information content (AvgIpc) is 3.29. The molecule has 6 nitrogen and oxygen atoms in total. The highest BCUT2D eigenvalue weighted by Crippen LogP contribution is 2.26. The lowest BCUT2D eigenvalue weighted by Crippen LogP contribution is -2.13. The number of fused-ring (bicyclic) bond motifs is 1. The van der Waals surface area contributed by atoms with E-state index >= 15 is 0 Å². The van der Waals surface area contributed by atoms with Gasteiger partial charge in [-0.2, -0.15) is 0 Å². The summed E-state index contributed by atoms with van der Waals surface area (Å²) in [5.74, 6) is 1.08. The van der Waals surface area contributed by atoms with Gasteiger partial charge >= 0.3 is 0 Å². The van der Waals surface area contributed by atoms with E-state index in [-0.39, 0.29) is 11.7 Å². The molecular weight excluding hydrogens is 376 g/mol. The Labute approximate surface area is 167 Å². The number of nitrogens with one attached hydrogen (secondary N) is 1. The van der Waals surface area contributed by atoms with Crippen LogP contribution >= 0.6 is 11.6 Å². The van der Waals surface area contributed by atoms with Gasteiger partial charge in [0.2, 0.25) is 0 Å². The molecule has 142 valence electrons. The lowest BCUT2D eigenvalue weighted by Gasteiger charge is -2.12. The predicted molar refractivity (Wildman–Crippen MR) is 111 cm³/mol. The van der Waals surface area contributed by atoms with Crippen molar-refractivity contribution in [2.45, 2.75) is 6.92 Å². The Balaban J connectivity index is 1.59. The Morgan fingerprint density at radius 1 is 1.14 bits per heavy atom. The quantitative estimate of drug-likeness (QED) is 0.536. The van der Waals surface area contributed by atoms with Crippen molar-refractivity contribution in [3.63, 3.8) is 0 Å². The predicted octanol–water partition coefficient (Wildman–Crippen LogP) is 4.87. The van der Waals surface area contributed by atoms with Gasteiger partial charge in [-0.3, -0.25) is 9.20 Å². The molecule has 0 saturated carbocycles. The summed E-state index contributed by atoms with van der Waals surface area (Å²) in [6, 6.07) is 14.9. The fraction of sp³-hybridized carbons (Fsp3) is 0.143. The first-order chi connectivity index (χ1) is 13.4. The molecule has 0 atom stereocenters. The van der Waals surface area contributed by atoms with E-state index in [4.69, 9.17) is 16.0 Å². The van der Waals surface area contributed by atoms with Gasteiger partial charge in [-0.1, -0.05) is 11.6 Å². The molecule has 1 aromatic carbocycles. The maximum atomic E-state index is 12.7. The van der Waals surface area contributed by atoms with Crippen LogP contribution in [0.1, 0.15) is 16.2 Å². The van der Waals surface area contributed by atoms with Gasteiger partial charge in [-0.05, 0) is 55.5 Å². The van der Waals surface area contributed by atoms with Gasteiger partial charge in [0.05, 0.1) is 10.7 Å². The van der Waals surface area contributed by atoms with Gasteiger partial charge in [0, 0.05) is 31.5 Å². The number of aryl methyl sites for hydroxylation is 1. The first kappa shape index (κ1) is 18.1. The molecule has 1 amide bonds. The third-order valence-electron chi connectivity index (χ3n) is 4.51. The number of carbonyl (C=O) groups excluding carboxylic acids is 1. The lowest BCUT2D eigenvalue weighted by molar-refractivity contribution is 0.0997. The van der Waals surface area contributed by atoms with Gasteiger partial charge in [-0.25, -0.2) is 4.98 Å². The summed E-state index contributed by atoms with van der Waals surface area (Å²) in [7, 11) is 3.97. The van der Waals surface area contributed by atoms with Crippen LogP contribution in [-0.4, -0.2) is 29.4 Å². The Morgan fingerprint density at radius 2 is 1.89 bits per heavy atom. The number of halogens is 1. The van der Waals surface area contributed by atoms with E-state index in [1.54, 1.807) is 34.9 Å². The first-order valence-corrected chi connectivity index (χ1v) is 9.14. The molecule has 0 bridgehead atoms. The summed E-state index contributed by atoms with van der Waals surface area (Å²) in [6.07, 6.45) is 1.80. The van der Waals surface area contributed by atoms with Gasteiger partial charge in [0.25, 0.3) is 5.91 Å². The largest absolute Gasteiger partial charge is 0.451 e. The second kappa shape index (κ2) is 7.05. The standard InChI is InChI=1S/C21H19ClN4O2/c1-13-19(26-12-4-5-16(22)20(26)23-13)24-21(27)18-11-10-17(28-18)14-6-8-15(9-7-14)25(2)3/h4-12H,1-3H3,(H,24,27). The number of furan rings is 1. The second-order valence-corrected chi connectivity index (χ2v) is 7.06. The highest BCUT2D eigenvalue weighted by atomic mass is 35.5. The molecule has 4 rings (SSSR count).